The van der Waals surface area contributed by atoms with E-state index in [-0.39, 0.29) is 5.78 Å². The third-order valence-corrected chi connectivity index (χ3v) is 0.421. The van der Waals surface area contributed by atoms with E-state index in [2.05, 4.69) is 10.8 Å². The summed E-state index contributed by atoms with van der Waals surface area (Å²) in [4.78, 5) is 20.0. The number of rotatable bonds is 2. The number of nitrogens with one attached hydrogen (secondary N) is 1. The minimum Gasteiger partial charge on any atom is -0.350 e. The van der Waals surface area contributed by atoms with Crippen LogP contribution < -0.4 is 11.2 Å². The van der Waals surface area contributed by atoms with E-state index < -0.39 is 6.03 Å². The number of amides is 2. The van der Waals surface area contributed by atoms with E-state index in [9.17, 15) is 9.59 Å². The zero-order valence-corrected chi connectivity index (χ0v) is 4.92. The first-order chi connectivity index (χ1) is 4.13. The van der Waals surface area contributed by atoms with Crippen LogP contribution in [-0.2, 0) is 4.79 Å². The zero-order chi connectivity index (χ0) is 7.28. The first-order valence-corrected chi connectivity index (χ1v) is 2.22. The van der Waals surface area contributed by atoms with Crippen molar-refractivity contribution in [2.45, 2.75) is 6.92 Å². The van der Waals surface area contributed by atoms with Gasteiger partial charge < -0.3 is 5.73 Å². The molecule has 0 saturated carbocycles. The van der Waals surface area contributed by atoms with E-state index in [1.54, 1.807) is 0 Å². The maximum Gasteiger partial charge on any atom is 0.332 e. The van der Waals surface area contributed by atoms with E-state index in [0.29, 0.717) is 0 Å². The smallest absolute Gasteiger partial charge is 0.332 e. The second kappa shape index (κ2) is 3.59. The van der Waals surface area contributed by atoms with Crippen LogP contribution in [-0.4, -0.2) is 18.0 Å². The molecule has 0 spiro atoms. The topological polar surface area (TPSA) is 84.6 Å². The molecular weight excluding hydrogens is 122 g/mol. The number of hydrogen-bond acceptors (Lipinski definition) is 3. The Morgan fingerprint density at radius 1 is 1.67 bits per heavy atom. The molecule has 2 amide bonds. The van der Waals surface area contributed by atoms with Gasteiger partial charge in [-0.15, -0.1) is 0 Å². The largest absolute Gasteiger partial charge is 0.350 e. The van der Waals surface area contributed by atoms with Gasteiger partial charge in [0.25, 0.3) is 0 Å². The average molecular weight is 129 g/mol. The SMILES string of the molecule is CC(=O)/C=N/NC(N)=O. The van der Waals surface area contributed by atoms with E-state index in [1.807, 2.05) is 5.43 Å². The van der Waals surface area contributed by atoms with Crippen molar-refractivity contribution in [1.29, 1.82) is 0 Å². The van der Waals surface area contributed by atoms with Gasteiger partial charge in [-0.05, 0) is 0 Å². The molecule has 0 heterocycles. The van der Waals surface area contributed by atoms with Crippen LogP contribution in [0.4, 0.5) is 4.79 Å². The Labute approximate surface area is 51.9 Å². The predicted molar refractivity (Wildman–Crippen MR) is 31.9 cm³/mol. The summed E-state index contributed by atoms with van der Waals surface area (Å²) >= 11 is 0. The number of carbonyl (C=O) groups excluding carboxylic acids is 2. The number of hydrogen-bond donors (Lipinski definition) is 2. The second-order valence-electron chi connectivity index (χ2n) is 1.34. The van der Waals surface area contributed by atoms with E-state index >= 15 is 0 Å². The molecule has 5 nitrogen and oxygen atoms in total. The van der Waals surface area contributed by atoms with Crippen LogP contribution >= 0.6 is 0 Å². The Kier molecular flexibility index (Phi) is 3.04. The number of nitrogens with zero attached hydrogens (tertiary/aromatic N) is 1. The second-order valence-corrected chi connectivity index (χ2v) is 1.34. The van der Waals surface area contributed by atoms with Gasteiger partial charge in [0.2, 0.25) is 0 Å². The molecule has 0 bridgehead atoms. The minimum atomic E-state index is -0.785. The van der Waals surface area contributed by atoms with Crippen LogP contribution in [0, 0.1) is 0 Å². The number of ketones is 1. The molecule has 0 aromatic rings. The molecule has 50 valence electrons. The number of Topliss-reactive ketones (excluding diaryl/α,β-unsaturated/α-hetero) is 1. The Balaban J connectivity index is 3.48. The van der Waals surface area contributed by atoms with Crippen LogP contribution in [0.25, 0.3) is 0 Å². The predicted octanol–water partition coefficient (Wildman–Crippen LogP) is -0.770. The highest BCUT2D eigenvalue weighted by Crippen LogP contribution is 1.60. The number of primary amides is 1. The molecule has 0 fully saturated rings. The van der Waals surface area contributed by atoms with Gasteiger partial charge in [0.15, 0.2) is 5.78 Å². The van der Waals surface area contributed by atoms with Crippen LogP contribution in [0.1, 0.15) is 6.92 Å². The summed E-state index contributed by atoms with van der Waals surface area (Å²) in [6, 6.07) is -0.785. The summed E-state index contributed by atoms with van der Waals surface area (Å²) in [5.74, 6) is -0.247. The molecule has 0 aliphatic rings. The van der Waals surface area contributed by atoms with Gasteiger partial charge in [0.1, 0.15) is 0 Å². The van der Waals surface area contributed by atoms with Gasteiger partial charge in [-0.3, -0.25) is 4.79 Å². The lowest BCUT2D eigenvalue weighted by atomic mass is 10.5. The minimum absolute atomic E-state index is 0.247. The molecule has 0 atom stereocenters. The standard InChI is InChI=1S/C4H7N3O2/c1-3(8)2-6-7-4(5)9/h2H,1H3,(H3,5,7,9)/b6-2+. The van der Waals surface area contributed by atoms with Gasteiger partial charge in [0, 0.05) is 6.92 Å². The summed E-state index contributed by atoms with van der Waals surface area (Å²) < 4.78 is 0. The maximum atomic E-state index is 10.1. The molecule has 0 radical (unpaired) electrons. The number of urea groups is 1. The molecule has 0 aromatic carbocycles. The van der Waals surface area contributed by atoms with Crippen LogP contribution in [0.5, 0.6) is 0 Å². The molecule has 3 N–H and O–H groups in total. The Bertz CT molecular complexity index is 152. The van der Waals surface area contributed by atoms with Crippen molar-refractivity contribution in [3.8, 4) is 0 Å². The number of nitrogens with two attached hydrogens (primary N) is 1. The molecular formula is C4H7N3O2. The highest BCUT2D eigenvalue weighted by Gasteiger charge is 1.84. The van der Waals surface area contributed by atoms with Crippen molar-refractivity contribution in [3.63, 3.8) is 0 Å². The van der Waals surface area contributed by atoms with Gasteiger partial charge in [-0.25, -0.2) is 10.2 Å². The fraction of sp³-hybridized carbons (Fsp3) is 0.250. The number of hydrazone groups is 1. The highest BCUT2D eigenvalue weighted by atomic mass is 16.2. The summed E-state index contributed by atoms with van der Waals surface area (Å²) in [5, 5.41) is 3.17. The quantitative estimate of drug-likeness (QED) is 0.379. The molecule has 0 saturated heterocycles. The lowest BCUT2D eigenvalue weighted by Gasteiger charge is -1.86. The zero-order valence-electron chi connectivity index (χ0n) is 4.92. The van der Waals surface area contributed by atoms with Crippen molar-refractivity contribution >= 4 is 18.0 Å². The molecule has 5 heteroatoms. The molecule has 0 aromatic heterocycles. The van der Waals surface area contributed by atoms with Crippen LogP contribution in [0.2, 0.25) is 0 Å². The first kappa shape index (κ1) is 7.61. The monoisotopic (exact) mass is 129 g/mol. The molecule has 9 heavy (non-hydrogen) atoms. The van der Waals surface area contributed by atoms with Crippen LogP contribution in [0.15, 0.2) is 5.10 Å². The third kappa shape index (κ3) is 6.61. The Morgan fingerprint density at radius 2 is 2.22 bits per heavy atom. The molecule has 0 aliphatic heterocycles. The van der Waals surface area contributed by atoms with Gasteiger partial charge in [-0.2, -0.15) is 5.10 Å². The van der Waals surface area contributed by atoms with Gasteiger partial charge >= 0.3 is 6.03 Å². The fourth-order valence-electron chi connectivity index (χ4n) is 0.187. The maximum absolute atomic E-state index is 10.1. The first-order valence-electron chi connectivity index (χ1n) is 2.22. The molecule has 0 aliphatic carbocycles. The summed E-state index contributed by atoms with van der Waals surface area (Å²) in [6.07, 6.45) is 0.963. The highest BCUT2D eigenvalue weighted by molar-refractivity contribution is 6.26. The number of carbonyl (C=O) groups is 2. The average Bonchev–Trinajstić information content (AvgIpc) is 1.63. The Morgan fingerprint density at radius 3 is 2.56 bits per heavy atom. The van der Waals surface area contributed by atoms with E-state index in [0.717, 1.165) is 6.21 Å². The fourth-order valence-corrected chi connectivity index (χ4v) is 0.187. The Hall–Kier alpha value is -1.39. The molecule has 0 rings (SSSR count). The van der Waals surface area contributed by atoms with Crippen LogP contribution in [0.3, 0.4) is 0 Å². The third-order valence-electron chi connectivity index (χ3n) is 0.421. The van der Waals surface area contributed by atoms with Crippen molar-refractivity contribution in [1.82, 2.24) is 5.43 Å². The van der Waals surface area contributed by atoms with Crippen molar-refractivity contribution in [2.75, 3.05) is 0 Å². The van der Waals surface area contributed by atoms with Crippen molar-refractivity contribution < 1.29 is 9.59 Å². The van der Waals surface area contributed by atoms with Crippen molar-refractivity contribution in [2.24, 2.45) is 10.8 Å². The van der Waals surface area contributed by atoms with E-state index in [1.165, 1.54) is 6.92 Å². The lowest BCUT2D eigenvalue weighted by Crippen LogP contribution is -2.24. The molecule has 0 unspecified atom stereocenters. The van der Waals surface area contributed by atoms with Gasteiger partial charge in [-0.1, -0.05) is 0 Å². The van der Waals surface area contributed by atoms with Crippen molar-refractivity contribution in [3.05, 3.63) is 0 Å². The normalized spacial score (nSPS) is 9.44. The summed E-state index contributed by atoms with van der Waals surface area (Å²) in [7, 11) is 0. The lowest BCUT2D eigenvalue weighted by molar-refractivity contribution is -0.110. The van der Waals surface area contributed by atoms with E-state index in [4.69, 9.17) is 0 Å². The van der Waals surface area contributed by atoms with Gasteiger partial charge in [0.05, 0.1) is 6.21 Å². The summed E-state index contributed by atoms with van der Waals surface area (Å²) in [6.45, 7) is 1.31. The summed E-state index contributed by atoms with van der Waals surface area (Å²) in [5.41, 5.74) is 6.47.